The summed E-state index contributed by atoms with van der Waals surface area (Å²) in [7, 11) is -3.53. The van der Waals surface area contributed by atoms with E-state index in [4.69, 9.17) is 4.74 Å². The van der Waals surface area contributed by atoms with Gasteiger partial charge in [-0.05, 0) is 17.7 Å². The lowest BCUT2D eigenvalue weighted by Gasteiger charge is -2.15. The molecule has 1 aliphatic rings. The topological polar surface area (TPSA) is 72.8 Å². The lowest BCUT2D eigenvalue weighted by molar-refractivity contribution is -0.00571. The minimum atomic E-state index is -3.53. The van der Waals surface area contributed by atoms with Crippen LogP contribution in [-0.4, -0.2) is 38.6 Å². The predicted molar refractivity (Wildman–Crippen MR) is 65.4 cm³/mol. The molecule has 0 bridgehead atoms. The van der Waals surface area contributed by atoms with Crippen molar-refractivity contribution in [3.05, 3.63) is 35.6 Å². The van der Waals surface area contributed by atoms with E-state index in [0.717, 1.165) is 6.26 Å². The Balaban J connectivity index is 1.99. The maximum absolute atomic E-state index is 12.8. The zero-order chi connectivity index (χ0) is 14.0. The van der Waals surface area contributed by atoms with Crippen LogP contribution in [0.25, 0.3) is 0 Å². The Morgan fingerprint density at radius 1 is 1.42 bits per heavy atom. The van der Waals surface area contributed by atoms with Crippen LogP contribution in [0.1, 0.15) is 18.1 Å². The summed E-state index contributed by atoms with van der Waals surface area (Å²) in [4.78, 5) is 0. The second kappa shape index (κ2) is 5.54. The maximum Gasteiger partial charge on any atom is 0.264 e. The Bertz CT molecular complexity index is 528. The molecule has 1 fully saturated rings. The molecule has 0 unspecified atom stereocenters. The molecule has 19 heavy (non-hydrogen) atoms. The highest BCUT2D eigenvalue weighted by Crippen LogP contribution is 2.33. The average Bonchev–Trinajstić information content (AvgIpc) is 2.68. The number of halogens is 1. The van der Waals surface area contributed by atoms with Gasteiger partial charge in [0, 0.05) is 6.42 Å². The maximum atomic E-state index is 12.8. The fourth-order valence-electron chi connectivity index (χ4n) is 2.01. The molecular formula is C12H15FO5S. The molecule has 1 heterocycles. The highest BCUT2D eigenvalue weighted by Gasteiger charge is 2.35. The monoisotopic (exact) mass is 290 g/mol. The Hall–Kier alpha value is -1.02. The molecule has 0 amide bonds. The van der Waals surface area contributed by atoms with Crippen molar-refractivity contribution in [3.63, 3.8) is 0 Å². The average molecular weight is 290 g/mol. The second-order valence-corrected chi connectivity index (χ2v) is 6.17. The molecule has 1 saturated heterocycles. The molecule has 106 valence electrons. The first kappa shape index (κ1) is 14.4. The molecule has 0 aromatic heterocycles. The summed E-state index contributed by atoms with van der Waals surface area (Å²) in [5, 5.41) is 9.89. The van der Waals surface area contributed by atoms with Gasteiger partial charge in [-0.2, -0.15) is 8.42 Å². The first-order chi connectivity index (χ1) is 8.85. The van der Waals surface area contributed by atoms with E-state index in [1.807, 2.05) is 0 Å². The molecule has 1 N–H and O–H groups in total. The molecule has 0 aliphatic carbocycles. The lowest BCUT2D eigenvalue weighted by atomic mass is 10.0. The summed E-state index contributed by atoms with van der Waals surface area (Å²) in [5.41, 5.74) is 0.649. The largest absolute Gasteiger partial charge is 0.390 e. The van der Waals surface area contributed by atoms with E-state index < -0.39 is 28.4 Å². The van der Waals surface area contributed by atoms with Crippen LogP contribution in [0.3, 0.4) is 0 Å². The van der Waals surface area contributed by atoms with Crippen LogP contribution in [0, 0.1) is 5.82 Å². The van der Waals surface area contributed by atoms with E-state index in [1.165, 1.54) is 24.3 Å². The number of aliphatic hydroxyl groups excluding tert-OH is 1. The summed E-state index contributed by atoms with van der Waals surface area (Å²) in [6.07, 6.45) is -0.625. The van der Waals surface area contributed by atoms with Crippen LogP contribution in [0.4, 0.5) is 4.39 Å². The van der Waals surface area contributed by atoms with Gasteiger partial charge < -0.3 is 9.84 Å². The Morgan fingerprint density at radius 3 is 2.63 bits per heavy atom. The minimum absolute atomic E-state index is 0.131. The highest BCUT2D eigenvalue weighted by atomic mass is 32.2. The lowest BCUT2D eigenvalue weighted by Crippen LogP contribution is -2.17. The molecule has 1 aromatic rings. The zero-order valence-electron chi connectivity index (χ0n) is 10.3. The number of rotatable bonds is 4. The summed E-state index contributed by atoms with van der Waals surface area (Å²) in [5.74, 6) is -0.367. The summed E-state index contributed by atoms with van der Waals surface area (Å²) >= 11 is 0. The third kappa shape index (κ3) is 3.97. The Labute approximate surface area is 111 Å². The van der Waals surface area contributed by atoms with Gasteiger partial charge in [0.2, 0.25) is 0 Å². The molecule has 5 nitrogen and oxygen atoms in total. The fourth-order valence-corrected chi connectivity index (χ4v) is 2.41. The summed E-state index contributed by atoms with van der Waals surface area (Å²) in [6.45, 7) is -0.131. The summed E-state index contributed by atoms with van der Waals surface area (Å²) < 4.78 is 44.7. The zero-order valence-corrected chi connectivity index (χ0v) is 11.1. The van der Waals surface area contributed by atoms with Gasteiger partial charge in [0.15, 0.2) is 0 Å². The Morgan fingerprint density at radius 2 is 2.05 bits per heavy atom. The molecule has 2 rings (SSSR count). The van der Waals surface area contributed by atoms with Crippen LogP contribution in [0.15, 0.2) is 24.3 Å². The molecular weight excluding hydrogens is 275 g/mol. The van der Waals surface area contributed by atoms with Gasteiger partial charge in [-0.1, -0.05) is 12.1 Å². The third-order valence-corrected chi connectivity index (χ3v) is 3.42. The van der Waals surface area contributed by atoms with Crippen LogP contribution >= 0.6 is 0 Å². The van der Waals surface area contributed by atoms with Crippen molar-refractivity contribution in [3.8, 4) is 0 Å². The molecule has 0 spiro atoms. The molecule has 1 aromatic carbocycles. The van der Waals surface area contributed by atoms with E-state index in [0.29, 0.717) is 5.56 Å². The smallest absolute Gasteiger partial charge is 0.264 e. The van der Waals surface area contributed by atoms with Crippen molar-refractivity contribution in [2.75, 3.05) is 12.9 Å². The predicted octanol–water partition coefficient (Wildman–Crippen LogP) is 0.993. The number of benzene rings is 1. The van der Waals surface area contributed by atoms with Gasteiger partial charge in [-0.3, -0.25) is 4.18 Å². The molecule has 3 atom stereocenters. The number of hydrogen-bond donors (Lipinski definition) is 1. The van der Waals surface area contributed by atoms with Crippen molar-refractivity contribution in [1.82, 2.24) is 0 Å². The van der Waals surface area contributed by atoms with Crippen LogP contribution in [0.2, 0.25) is 0 Å². The van der Waals surface area contributed by atoms with E-state index in [9.17, 15) is 17.9 Å². The SMILES string of the molecule is CS(=O)(=O)OC[C@H]1C[C@@H](O)[C@@H](c2ccc(F)cc2)O1. The van der Waals surface area contributed by atoms with E-state index in [1.54, 1.807) is 0 Å². The van der Waals surface area contributed by atoms with Gasteiger partial charge in [0.25, 0.3) is 10.1 Å². The molecule has 0 saturated carbocycles. The van der Waals surface area contributed by atoms with Crippen LogP contribution in [0.5, 0.6) is 0 Å². The number of hydrogen-bond acceptors (Lipinski definition) is 5. The van der Waals surface area contributed by atoms with Crippen molar-refractivity contribution in [1.29, 1.82) is 0 Å². The highest BCUT2D eigenvalue weighted by molar-refractivity contribution is 7.85. The number of ether oxygens (including phenoxy) is 1. The fraction of sp³-hybridized carbons (Fsp3) is 0.500. The van der Waals surface area contributed by atoms with Gasteiger partial charge >= 0.3 is 0 Å². The standard InChI is InChI=1S/C12H15FO5S/c1-19(15,16)17-7-10-6-11(14)12(18-10)8-2-4-9(13)5-3-8/h2-5,10-12,14H,6-7H2,1H3/t10-,11-,12-/m1/s1. The van der Waals surface area contributed by atoms with Gasteiger partial charge in [0.1, 0.15) is 11.9 Å². The van der Waals surface area contributed by atoms with Crippen molar-refractivity contribution in [2.24, 2.45) is 0 Å². The van der Waals surface area contributed by atoms with Gasteiger partial charge in [-0.15, -0.1) is 0 Å². The number of aliphatic hydroxyl groups is 1. The van der Waals surface area contributed by atoms with Gasteiger partial charge in [0.05, 0.1) is 25.1 Å². The first-order valence-electron chi connectivity index (χ1n) is 5.78. The minimum Gasteiger partial charge on any atom is -0.390 e. The molecule has 1 aliphatic heterocycles. The first-order valence-corrected chi connectivity index (χ1v) is 7.60. The van der Waals surface area contributed by atoms with Gasteiger partial charge in [-0.25, -0.2) is 4.39 Å². The summed E-state index contributed by atoms with van der Waals surface area (Å²) in [6, 6.07) is 5.63. The van der Waals surface area contributed by atoms with Crippen molar-refractivity contribution in [2.45, 2.75) is 24.7 Å². The van der Waals surface area contributed by atoms with E-state index >= 15 is 0 Å². The molecule has 0 radical (unpaired) electrons. The third-order valence-electron chi connectivity index (χ3n) is 2.86. The molecule has 7 heteroatoms. The van der Waals surface area contributed by atoms with E-state index in [-0.39, 0.29) is 18.8 Å². The van der Waals surface area contributed by atoms with Crippen LogP contribution < -0.4 is 0 Å². The second-order valence-electron chi connectivity index (χ2n) is 4.52. The van der Waals surface area contributed by atoms with E-state index in [2.05, 4.69) is 4.18 Å². The van der Waals surface area contributed by atoms with Crippen LogP contribution in [-0.2, 0) is 19.0 Å². The normalized spacial score (nSPS) is 27.6. The Kier molecular flexibility index (Phi) is 4.19. The quantitative estimate of drug-likeness (QED) is 0.837. The van der Waals surface area contributed by atoms with Crippen molar-refractivity contribution >= 4 is 10.1 Å². The van der Waals surface area contributed by atoms with Crippen molar-refractivity contribution < 1.29 is 26.8 Å².